The average Bonchev–Trinajstić information content (AvgIpc) is 2.42. The van der Waals surface area contributed by atoms with Crippen molar-refractivity contribution in [2.75, 3.05) is 13.1 Å². The molecule has 0 aromatic heterocycles. The van der Waals surface area contributed by atoms with Gasteiger partial charge in [-0.25, -0.2) is 12.8 Å². The third-order valence-electron chi connectivity index (χ3n) is 3.57. The third-order valence-corrected chi connectivity index (χ3v) is 5.43. The summed E-state index contributed by atoms with van der Waals surface area (Å²) in [5.74, 6) is -1.54. The molecule has 1 heterocycles. The van der Waals surface area contributed by atoms with E-state index in [4.69, 9.17) is 5.73 Å². The van der Waals surface area contributed by atoms with Gasteiger partial charge in [-0.2, -0.15) is 4.31 Å². The first kappa shape index (κ1) is 14.9. The summed E-state index contributed by atoms with van der Waals surface area (Å²) in [6.07, 6.45) is 1.16. The number of hydrogen-bond donors (Lipinski definition) is 1. The molecule has 5 nitrogen and oxygen atoms in total. The molecule has 1 aliphatic heterocycles. The van der Waals surface area contributed by atoms with Gasteiger partial charge < -0.3 is 5.73 Å². The van der Waals surface area contributed by atoms with E-state index in [1.807, 2.05) is 0 Å². The van der Waals surface area contributed by atoms with Crippen molar-refractivity contribution >= 4 is 15.9 Å². The molecule has 1 aliphatic rings. The Labute approximate surface area is 117 Å². The fourth-order valence-electron chi connectivity index (χ4n) is 2.28. The van der Waals surface area contributed by atoms with Gasteiger partial charge in [-0.05, 0) is 37.5 Å². The summed E-state index contributed by atoms with van der Waals surface area (Å²) in [5, 5.41) is 0. The van der Waals surface area contributed by atoms with Gasteiger partial charge >= 0.3 is 0 Å². The number of carbonyl (C=O) groups is 1. The fraction of sp³-hybridized carbons (Fsp3) is 0.462. The number of amides is 1. The van der Waals surface area contributed by atoms with Crippen LogP contribution in [0.15, 0.2) is 23.1 Å². The number of rotatable bonds is 3. The number of nitrogens with zero attached hydrogens (tertiary/aromatic N) is 1. The molecule has 2 N–H and O–H groups in total. The molecule has 1 amide bonds. The minimum Gasteiger partial charge on any atom is -0.369 e. The molecule has 0 bridgehead atoms. The lowest BCUT2D eigenvalue weighted by atomic mass is 9.99. The van der Waals surface area contributed by atoms with E-state index in [2.05, 4.69) is 0 Å². The van der Waals surface area contributed by atoms with Crippen molar-refractivity contribution in [2.45, 2.75) is 24.7 Å². The number of halogens is 1. The van der Waals surface area contributed by atoms with Crippen molar-refractivity contribution in [3.05, 3.63) is 29.6 Å². The Morgan fingerprint density at radius 3 is 2.75 bits per heavy atom. The zero-order valence-corrected chi connectivity index (χ0v) is 12.0. The Hall–Kier alpha value is -1.47. The van der Waals surface area contributed by atoms with E-state index in [0.29, 0.717) is 24.9 Å². The summed E-state index contributed by atoms with van der Waals surface area (Å²) >= 11 is 0. The van der Waals surface area contributed by atoms with Crippen molar-refractivity contribution < 1.29 is 17.6 Å². The van der Waals surface area contributed by atoms with Crippen LogP contribution in [-0.4, -0.2) is 31.7 Å². The van der Waals surface area contributed by atoms with E-state index < -0.39 is 27.7 Å². The molecule has 1 aromatic carbocycles. The van der Waals surface area contributed by atoms with E-state index >= 15 is 0 Å². The predicted octanol–water partition coefficient (Wildman–Crippen LogP) is 1.02. The van der Waals surface area contributed by atoms with Gasteiger partial charge in [0.25, 0.3) is 0 Å². The molecule has 7 heteroatoms. The highest BCUT2D eigenvalue weighted by Crippen LogP contribution is 2.24. The highest BCUT2D eigenvalue weighted by atomic mass is 32.2. The van der Waals surface area contributed by atoms with Crippen LogP contribution in [0.3, 0.4) is 0 Å². The van der Waals surface area contributed by atoms with Crippen LogP contribution in [0.2, 0.25) is 0 Å². The van der Waals surface area contributed by atoms with Crippen molar-refractivity contribution in [3.63, 3.8) is 0 Å². The Kier molecular flexibility index (Phi) is 4.10. The Morgan fingerprint density at radius 1 is 1.45 bits per heavy atom. The predicted molar refractivity (Wildman–Crippen MR) is 71.8 cm³/mol. The summed E-state index contributed by atoms with van der Waals surface area (Å²) in [5.41, 5.74) is 5.62. The summed E-state index contributed by atoms with van der Waals surface area (Å²) in [7, 11) is -3.78. The van der Waals surface area contributed by atoms with Gasteiger partial charge in [-0.1, -0.05) is 6.07 Å². The summed E-state index contributed by atoms with van der Waals surface area (Å²) in [4.78, 5) is 11.1. The van der Waals surface area contributed by atoms with Crippen LogP contribution in [0.4, 0.5) is 4.39 Å². The van der Waals surface area contributed by atoms with Crippen LogP contribution < -0.4 is 5.73 Å². The van der Waals surface area contributed by atoms with E-state index in [1.54, 1.807) is 6.92 Å². The molecule has 20 heavy (non-hydrogen) atoms. The van der Waals surface area contributed by atoms with Crippen molar-refractivity contribution in [2.24, 2.45) is 11.7 Å². The van der Waals surface area contributed by atoms with Gasteiger partial charge in [0.1, 0.15) is 5.82 Å². The fourth-order valence-corrected chi connectivity index (χ4v) is 3.81. The number of nitrogens with two attached hydrogens (primary N) is 1. The summed E-state index contributed by atoms with van der Waals surface area (Å²) in [6.45, 7) is 1.95. The number of piperidine rings is 1. The minimum absolute atomic E-state index is 0.0627. The molecule has 0 radical (unpaired) electrons. The summed E-state index contributed by atoms with van der Waals surface area (Å²) < 4.78 is 39.6. The monoisotopic (exact) mass is 300 g/mol. The highest BCUT2D eigenvalue weighted by molar-refractivity contribution is 7.89. The summed E-state index contributed by atoms with van der Waals surface area (Å²) in [6, 6.07) is 3.82. The largest absolute Gasteiger partial charge is 0.369 e. The van der Waals surface area contributed by atoms with Crippen LogP contribution in [0, 0.1) is 18.7 Å². The highest BCUT2D eigenvalue weighted by Gasteiger charge is 2.32. The minimum atomic E-state index is -3.78. The molecule has 0 spiro atoms. The molecule has 0 unspecified atom stereocenters. The molecule has 0 aliphatic carbocycles. The van der Waals surface area contributed by atoms with Gasteiger partial charge in [-0.15, -0.1) is 0 Å². The molecule has 0 saturated carbocycles. The number of benzene rings is 1. The lowest BCUT2D eigenvalue weighted by Crippen LogP contribution is -2.44. The second-order valence-electron chi connectivity index (χ2n) is 5.02. The van der Waals surface area contributed by atoms with E-state index in [9.17, 15) is 17.6 Å². The zero-order valence-electron chi connectivity index (χ0n) is 11.2. The number of sulfonamides is 1. The quantitative estimate of drug-likeness (QED) is 0.905. The van der Waals surface area contributed by atoms with E-state index in [-0.39, 0.29) is 11.4 Å². The van der Waals surface area contributed by atoms with E-state index in [1.165, 1.54) is 16.4 Å². The molecule has 1 atom stereocenters. The lowest BCUT2D eigenvalue weighted by Gasteiger charge is -2.30. The topological polar surface area (TPSA) is 80.5 Å². The number of primary amides is 1. The van der Waals surface area contributed by atoms with Crippen LogP contribution in [0.1, 0.15) is 18.4 Å². The van der Waals surface area contributed by atoms with Crippen molar-refractivity contribution in [1.82, 2.24) is 4.31 Å². The van der Waals surface area contributed by atoms with Gasteiger partial charge in [0.2, 0.25) is 15.9 Å². The van der Waals surface area contributed by atoms with Gasteiger partial charge in [-0.3, -0.25) is 4.79 Å². The Balaban J connectivity index is 2.29. The standard InChI is InChI=1S/C13H17FN2O3S/c1-9-4-5-11(7-12(9)14)20(18,19)16-6-2-3-10(8-16)13(15)17/h4-5,7,10H,2-3,6,8H2,1H3,(H2,15,17)/t10-/m1/s1. The second kappa shape index (κ2) is 5.49. The van der Waals surface area contributed by atoms with Crippen molar-refractivity contribution in [3.8, 4) is 0 Å². The van der Waals surface area contributed by atoms with Crippen LogP contribution in [0.25, 0.3) is 0 Å². The number of hydrogen-bond acceptors (Lipinski definition) is 3. The number of carbonyl (C=O) groups excluding carboxylic acids is 1. The zero-order chi connectivity index (χ0) is 14.9. The molecule has 1 aromatic rings. The maximum Gasteiger partial charge on any atom is 0.243 e. The van der Waals surface area contributed by atoms with Crippen LogP contribution in [-0.2, 0) is 14.8 Å². The van der Waals surface area contributed by atoms with Gasteiger partial charge in [0.15, 0.2) is 0 Å². The van der Waals surface area contributed by atoms with E-state index in [0.717, 1.165) is 6.07 Å². The first-order valence-electron chi connectivity index (χ1n) is 6.38. The smallest absolute Gasteiger partial charge is 0.243 e. The van der Waals surface area contributed by atoms with Crippen LogP contribution in [0.5, 0.6) is 0 Å². The molecule has 1 saturated heterocycles. The molecule has 110 valence electrons. The SMILES string of the molecule is Cc1ccc(S(=O)(=O)N2CCC[C@@H](C(N)=O)C2)cc1F. The van der Waals surface area contributed by atoms with Gasteiger partial charge in [0, 0.05) is 13.1 Å². The average molecular weight is 300 g/mol. The normalized spacial score (nSPS) is 20.8. The molecular weight excluding hydrogens is 283 g/mol. The Morgan fingerprint density at radius 2 is 2.15 bits per heavy atom. The van der Waals surface area contributed by atoms with Crippen LogP contribution >= 0.6 is 0 Å². The van der Waals surface area contributed by atoms with Crippen molar-refractivity contribution in [1.29, 1.82) is 0 Å². The number of aryl methyl sites for hydroxylation is 1. The second-order valence-corrected chi connectivity index (χ2v) is 6.95. The molecule has 2 rings (SSSR count). The molecule has 1 fully saturated rings. The Bertz CT molecular complexity index is 631. The first-order valence-corrected chi connectivity index (χ1v) is 7.82. The first-order chi connectivity index (χ1) is 9.32. The maximum atomic E-state index is 13.5. The van der Waals surface area contributed by atoms with Gasteiger partial charge in [0.05, 0.1) is 10.8 Å². The maximum absolute atomic E-state index is 13.5. The lowest BCUT2D eigenvalue weighted by molar-refractivity contribution is -0.122. The third kappa shape index (κ3) is 2.83. The molecular formula is C13H17FN2O3S.